The number of fused-ring (bicyclic) bond motifs is 1. The molecule has 3 N–H and O–H groups in total. The molecule has 162 valence electrons. The van der Waals surface area contributed by atoms with Gasteiger partial charge in [-0.15, -0.1) is 4.83 Å². The smallest absolute Gasteiger partial charge is 0.312 e. The summed E-state index contributed by atoms with van der Waals surface area (Å²) in [4.78, 5) is 36.5. The zero-order valence-corrected chi connectivity index (χ0v) is 17.1. The van der Waals surface area contributed by atoms with Crippen LogP contribution in [-0.4, -0.2) is 34.1 Å². The van der Waals surface area contributed by atoms with Crippen molar-refractivity contribution in [3.63, 3.8) is 0 Å². The van der Waals surface area contributed by atoms with Crippen molar-refractivity contribution in [1.29, 1.82) is 0 Å². The second kappa shape index (κ2) is 8.12. The van der Waals surface area contributed by atoms with Crippen molar-refractivity contribution in [1.82, 2.24) is 20.0 Å². The van der Waals surface area contributed by atoms with Crippen LogP contribution in [0.5, 0.6) is 5.75 Å². The Labute approximate surface area is 175 Å². The van der Waals surface area contributed by atoms with E-state index in [0.717, 1.165) is 16.8 Å². The van der Waals surface area contributed by atoms with Gasteiger partial charge in [0.25, 0.3) is 21.5 Å². The van der Waals surface area contributed by atoms with Crippen molar-refractivity contribution in [2.75, 3.05) is 0 Å². The summed E-state index contributed by atoms with van der Waals surface area (Å²) in [5, 5.41) is 24.9. The van der Waals surface area contributed by atoms with Gasteiger partial charge in [0.2, 0.25) is 0 Å². The molecule has 0 bridgehead atoms. The molecule has 1 amide bonds. The lowest BCUT2D eigenvalue weighted by Crippen LogP contribution is -2.42. The van der Waals surface area contributed by atoms with Crippen LogP contribution in [0.15, 0.2) is 52.2 Å². The number of hydrazine groups is 1. The van der Waals surface area contributed by atoms with E-state index < -0.39 is 42.7 Å². The first-order valence-electron chi connectivity index (χ1n) is 8.84. The first kappa shape index (κ1) is 21.9. The molecule has 0 saturated carbocycles. The van der Waals surface area contributed by atoms with Crippen molar-refractivity contribution in [3.05, 3.63) is 68.6 Å². The Morgan fingerprint density at radius 3 is 2.45 bits per heavy atom. The number of aromatic hydroxyl groups is 1. The maximum absolute atomic E-state index is 12.7. The van der Waals surface area contributed by atoms with Crippen LogP contribution in [0.25, 0.3) is 10.8 Å². The number of phenolic OH excluding ortho intramolecular Hbond substituents is 1. The summed E-state index contributed by atoms with van der Waals surface area (Å²) >= 11 is 0. The van der Waals surface area contributed by atoms with Crippen LogP contribution in [0, 0.1) is 10.1 Å². The number of hydrogen-bond donors (Lipinski definition) is 3. The van der Waals surface area contributed by atoms with Gasteiger partial charge >= 0.3 is 5.69 Å². The second-order valence-electron chi connectivity index (χ2n) is 6.70. The number of carbonyl (C=O) groups excluding carboxylic acids is 1. The zero-order chi connectivity index (χ0) is 22.9. The van der Waals surface area contributed by atoms with E-state index in [1.165, 1.54) is 12.1 Å². The van der Waals surface area contributed by atoms with Gasteiger partial charge in [0.15, 0.2) is 11.4 Å². The standard InChI is InChI=1S/C18H17N5O7S/c1-10(2)22-18(26)13-6-4-3-5-12(13)16(20-22)17(25)19-21-31(29,30)11-7-8-15(24)14(9-11)23(27)28/h3-10,21,24H,1-2H3,(H,19,25). The monoisotopic (exact) mass is 447 g/mol. The van der Waals surface area contributed by atoms with Crippen LogP contribution in [0.2, 0.25) is 0 Å². The summed E-state index contributed by atoms with van der Waals surface area (Å²) in [6.07, 6.45) is 0. The topological polar surface area (TPSA) is 174 Å². The minimum atomic E-state index is -4.42. The van der Waals surface area contributed by atoms with Crippen molar-refractivity contribution < 1.29 is 23.2 Å². The summed E-state index contributed by atoms with van der Waals surface area (Å²) in [5.41, 5.74) is 0.583. The molecule has 0 saturated heterocycles. The first-order chi connectivity index (χ1) is 14.5. The predicted molar refractivity (Wildman–Crippen MR) is 109 cm³/mol. The quantitative estimate of drug-likeness (QED) is 0.373. The average Bonchev–Trinajstić information content (AvgIpc) is 2.72. The van der Waals surface area contributed by atoms with Gasteiger partial charge < -0.3 is 5.11 Å². The van der Waals surface area contributed by atoms with Gasteiger partial charge in [-0.3, -0.25) is 25.1 Å². The number of benzene rings is 2. The van der Waals surface area contributed by atoms with Crippen LogP contribution in [-0.2, 0) is 10.0 Å². The number of nitrogens with zero attached hydrogens (tertiary/aromatic N) is 3. The molecule has 0 aliphatic carbocycles. The number of nitro benzene ring substituents is 1. The van der Waals surface area contributed by atoms with E-state index in [0.29, 0.717) is 6.07 Å². The number of aromatic nitrogens is 2. The molecule has 31 heavy (non-hydrogen) atoms. The molecular formula is C18H17N5O7S. The lowest BCUT2D eigenvalue weighted by molar-refractivity contribution is -0.386. The highest BCUT2D eigenvalue weighted by Crippen LogP contribution is 2.28. The molecule has 0 atom stereocenters. The second-order valence-corrected chi connectivity index (χ2v) is 8.39. The van der Waals surface area contributed by atoms with Gasteiger partial charge in [-0.25, -0.2) is 13.1 Å². The van der Waals surface area contributed by atoms with Crippen LogP contribution < -0.4 is 15.8 Å². The largest absolute Gasteiger partial charge is 0.502 e. The number of rotatable bonds is 6. The third kappa shape index (κ3) is 4.22. The fraction of sp³-hybridized carbons (Fsp3) is 0.167. The van der Waals surface area contributed by atoms with E-state index in [1.807, 2.05) is 10.3 Å². The Bertz CT molecular complexity index is 1370. The zero-order valence-electron chi connectivity index (χ0n) is 16.3. The van der Waals surface area contributed by atoms with Gasteiger partial charge in [-0.05, 0) is 32.0 Å². The van der Waals surface area contributed by atoms with Gasteiger partial charge in [0.1, 0.15) is 0 Å². The van der Waals surface area contributed by atoms with Gasteiger partial charge in [-0.2, -0.15) is 5.10 Å². The molecule has 12 nitrogen and oxygen atoms in total. The van der Waals surface area contributed by atoms with Crippen molar-refractivity contribution in [2.24, 2.45) is 0 Å². The molecule has 0 radical (unpaired) electrons. The number of carbonyl (C=O) groups is 1. The number of nitrogens with one attached hydrogen (secondary N) is 2. The maximum Gasteiger partial charge on any atom is 0.312 e. The molecule has 13 heteroatoms. The van der Waals surface area contributed by atoms with Gasteiger partial charge in [0, 0.05) is 11.5 Å². The normalized spacial score (nSPS) is 11.6. The van der Waals surface area contributed by atoms with E-state index in [9.17, 15) is 33.2 Å². The molecular weight excluding hydrogens is 430 g/mol. The Morgan fingerprint density at radius 2 is 1.84 bits per heavy atom. The van der Waals surface area contributed by atoms with Crippen molar-refractivity contribution in [3.8, 4) is 5.75 Å². The SMILES string of the molecule is CC(C)n1nc(C(=O)NNS(=O)(=O)c2ccc(O)c([N+](=O)[O-])c2)c2ccccc2c1=O. The number of sulfonamides is 1. The summed E-state index contributed by atoms with van der Waals surface area (Å²) < 4.78 is 26.0. The maximum atomic E-state index is 12.7. The highest BCUT2D eigenvalue weighted by atomic mass is 32.2. The van der Waals surface area contributed by atoms with E-state index in [2.05, 4.69) is 5.10 Å². The minimum absolute atomic E-state index is 0.191. The number of phenols is 1. The molecule has 2 aromatic carbocycles. The van der Waals surface area contributed by atoms with E-state index >= 15 is 0 Å². The molecule has 0 aliphatic heterocycles. The number of hydrogen-bond acceptors (Lipinski definition) is 8. The third-order valence-electron chi connectivity index (χ3n) is 4.29. The summed E-state index contributed by atoms with van der Waals surface area (Å²) in [7, 11) is -4.42. The molecule has 3 rings (SSSR count). The van der Waals surface area contributed by atoms with Crippen LogP contribution in [0.4, 0.5) is 5.69 Å². The van der Waals surface area contributed by atoms with Gasteiger partial charge in [0.05, 0.1) is 21.2 Å². The molecule has 1 heterocycles. The van der Waals surface area contributed by atoms with E-state index in [-0.39, 0.29) is 22.5 Å². The summed E-state index contributed by atoms with van der Waals surface area (Å²) in [6.45, 7) is 3.40. The third-order valence-corrected chi connectivity index (χ3v) is 5.53. The summed E-state index contributed by atoms with van der Waals surface area (Å²) in [6, 6.07) is 8.31. The molecule has 0 unspecified atom stereocenters. The highest BCUT2D eigenvalue weighted by molar-refractivity contribution is 7.89. The Hall–Kier alpha value is -3.84. The number of nitro groups is 1. The summed E-state index contributed by atoms with van der Waals surface area (Å²) in [5.74, 6) is -1.65. The highest BCUT2D eigenvalue weighted by Gasteiger charge is 2.23. The van der Waals surface area contributed by atoms with Crippen molar-refractivity contribution in [2.45, 2.75) is 24.8 Å². The molecule has 0 aliphatic rings. The fourth-order valence-electron chi connectivity index (χ4n) is 2.77. The Morgan fingerprint density at radius 1 is 1.19 bits per heavy atom. The lowest BCUT2D eigenvalue weighted by Gasteiger charge is -2.14. The fourth-order valence-corrected chi connectivity index (χ4v) is 3.63. The molecule has 0 spiro atoms. The Balaban J connectivity index is 1.95. The van der Waals surface area contributed by atoms with Crippen LogP contribution in [0.1, 0.15) is 30.4 Å². The molecule has 0 fully saturated rings. The van der Waals surface area contributed by atoms with E-state index in [1.54, 1.807) is 26.0 Å². The first-order valence-corrected chi connectivity index (χ1v) is 10.3. The minimum Gasteiger partial charge on any atom is -0.502 e. The number of amides is 1. The Kier molecular flexibility index (Phi) is 5.73. The predicted octanol–water partition coefficient (Wildman–Crippen LogP) is 1.21. The van der Waals surface area contributed by atoms with Gasteiger partial charge in [-0.1, -0.05) is 18.2 Å². The van der Waals surface area contributed by atoms with Crippen molar-refractivity contribution >= 4 is 32.4 Å². The van der Waals surface area contributed by atoms with Crippen LogP contribution >= 0.6 is 0 Å². The molecule has 3 aromatic rings. The van der Waals surface area contributed by atoms with E-state index in [4.69, 9.17) is 0 Å². The van der Waals surface area contributed by atoms with Crippen LogP contribution in [0.3, 0.4) is 0 Å². The average molecular weight is 447 g/mol. The molecule has 1 aromatic heterocycles. The lowest BCUT2D eigenvalue weighted by atomic mass is 10.1.